The molecular weight excluding hydrogens is 519 g/mol. The number of carbonyl (C=O) groups is 1. The van der Waals surface area contributed by atoms with Crippen LogP contribution in [-0.2, 0) is 14.8 Å². The van der Waals surface area contributed by atoms with Crippen molar-refractivity contribution in [1.82, 2.24) is 14.2 Å². The number of anilines is 1. The number of thiophene rings is 1. The number of halogens is 2. The average Bonchev–Trinajstić information content (AvgIpc) is 3.44. The lowest BCUT2D eigenvalue weighted by atomic mass is 9.96. The van der Waals surface area contributed by atoms with E-state index < -0.39 is 15.8 Å². The normalized spacial score (nSPS) is 15.9. The average molecular weight is 545 g/mol. The summed E-state index contributed by atoms with van der Waals surface area (Å²) in [5.41, 5.74) is 0.267. The van der Waals surface area contributed by atoms with Crippen LogP contribution in [0.5, 0.6) is 0 Å². The molecule has 0 unspecified atom stereocenters. The Bertz CT molecular complexity index is 1270. The van der Waals surface area contributed by atoms with Crippen LogP contribution < -0.4 is 4.90 Å². The molecule has 7 nitrogen and oxygen atoms in total. The van der Waals surface area contributed by atoms with Gasteiger partial charge in [0.05, 0.1) is 9.04 Å². The second-order valence-corrected chi connectivity index (χ2v) is 13.4. The largest absolute Gasteiger partial charge is 0.309 e. The molecule has 184 valence electrons. The number of para-hydroxylation sites is 1. The number of sulfonamides is 1. The van der Waals surface area contributed by atoms with Crippen molar-refractivity contribution in [2.75, 3.05) is 45.2 Å². The van der Waals surface area contributed by atoms with E-state index in [4.69, 9.17) is 11.6 Å². The second-order valence-electron chi connectivity index (χ2n) is 8.47. The minimum absolute atomic E-state index is 0.0885. The quantitative estimate of drug-likeness (QED) is 0.416. The number of hydrogen-bond donors (Lipinski definition) is 0. The third kappa shape index (κ3) is 5.44. The molecule has 1 aliphatic heterocycles. The molecule has 0 atom stereocenters. The maximum absolute atomic E-state index is 14.2. The van der Waals surface area contributed by atoms with Crippen molar-refractivity contribution in [1.29, 1.82) is 0 Å². The smallest absolute Gasteiger partial charge is 0.252 e. The van der Waals surface area contributed by atoms with E-state index in [1.54, 1.807) is 23.1 Å². The van der Waals surface area contributed by atoms with Crippen molar-refractivity contribution in [3.8, 4) is 0 Å². The predicted octanol–water partition coefficient (Wildman–Crippen LogP) is 4.54. The molecule has 1 aliphatic rings. The summed E-state index contributed by atoms with van der Waals surface area (Å²) in [4.78, 5) is 21.7. The van der Waals surface area contributed by atoms with Crippen LogP contribution in [0.1, 0.15) is 19.3 Å². The van der Waals surface area contributed by atoms with Gasteiger partial charge in [-0.15, -0.1) is 11.3 Å². The SMILES string of the molecule is CN(C)CCCN(C(=O)C1CCN(S(=O)(=O)c2ccc(Cl)s2)CC1)c1nc2c(F)cccc2s1. The minimum atomic E-state index is -3.62. The number of benzene rings is 1. The van der Waals surface area contributed by atoms with Gasteiger partial charge in [0.2, 0.25) is 5.91 Å². The number of fused-ring (bicyclic) bond motifs is 1. The lowest BCUT2D eigenvalue weighted by Crippen LogP contribution is -2.45. The Morgan fingerprint density at radius 3 is 2.53 bits per heavy atom. The van der Waals surface area contributed by atoms with Gasteiger partial charge in [0, 0.05) is 25.6 Å². The molecule has 0 aliphatic carbocycles. The Hall–Kier alpha value is -1.63. The number of aromatic nitrogens is 1. The fourth-order valence-corrected chi connectivity index (χ4v) is 8.11. The van der Waals surface area contributed by atoms with Crippen molar-refractivity contribution < 1.29 is 17.6 Å². The van der Waals surface area contributed by atoms with Crippen LogP contribution in [-0.4, -0.2) is 68.8 Å². The third-order valence-electron chi connectivity index (χ3n) is 5.79. The molecule has 3 heterocycles. The Labute approximate surface area is 211 Å². The van der Waals surface area contributed by atoms with E-state index in [0.29, 0.717) is 33.6 Å². The number of nitrogens with zero attached hydrogens (tertiary/aromatic N) is 4. The van der Waals surface area contributed by atoms with Crippen LogP contribution in [0.15, 0.2) is 34.5 Å². The van der Waals surface area contributed by atoms with Crippen LogP contribution >= 0.6 is 34.3 Å². The second kappa shape index (κ2) is 10.5. The molecule has 0 bridgehead atoms. The first kappa shape index (κ1) is 25.5. The van der Waals surface area contributed by atoms with Crippen molar-refractivity contribution in [3.63, 3.8) is 0 Å². The highest BCUT2D eigenvalue weighted by molar-refractivity contribution is 7.91. The summed E-state index contributed by atoms with van der Waals surface area (Å²) in [6, 6.07) is 7.87. The number of thiazole rings is 1. The Morgan fingerprint density at radius 1 is 1.18 bits per heavy atom. The molecule has 1 amide bonds. The molecule has 1 fully saturated rings. The summed E-state index contributed by atoms with van der Waals surface area (Å²) in [5, 5.41) is 0.479. The van der Waals surface area contributed by atoms with Gasteiger partial charge in [0.25, 0.3) is 10.0 Å². The van der Waals surface area contributed by atoms with Gasteiger partial charge < -0.3 is 4.90 Å². The standard InChI is InChI=1S/C22H26ClFN4O3S3/c1-26(2)11-4-12-28(22-25-20-16(24)5-3-6-17(20)32-22)21(29)15-9-13-27(14-10-15)34(30,31)19-8-7-18(23)33-19/h3,5-8,15H,4,9-14H2,1-2H3. The fraction of sp³-hybridized carbons (Fsp3) is 0.455. The first-order valence-electron chi connectivity index (χ1n) is 10.9. The molecule has 0 radical (unpaired) electrons. The Balaban J connectivity index is 1.50. The van der Waals surface area contributed by atoms with Gasteiger partial charge in [-0.1, -0.05) is 29.0 Å². The number of hydrogen-bond acceptors (Lipinski definition) is 7. The highest BCUT2D eigenvalue weighted by Gasteiger charge is 2.35. The summed E-state index contributed by atoms with van der Waals surface area (Å²) in [7, 11) is 0.313. The van der Waals surface area contributed by atoms with Crippen LogP contribution in [0.3, 0.4) is 0 Å². The van der Waals surface area contributed by atoms with Crippen LogP contribution in [0, 0.1) is 11.7 Å². The van der Waals surface area contributed by atoms with Gasteiger partial charge >= 0.3 is 0 Å². The van der Waals surface area contributed by atoms with E-state index in [1.807, 2.05) is 19.0 Å². The zero-order valence-corrected chi connectivity index (χ0v) is 22.1. The van der Waals surface area contributed by atoms with Gasteiger partial charge in [-0.05, 0) is 64.2 Å². The van der Waals surface area contributed by atoms with E-state index >= 15 is 0 Å². The molecule has 1 saturated heterocycles. The van der Waals surface area contributed by atoms with Gasteiger partial charge in [0.1, 0.15) is 15.5 Å². The lowest BCUT2D eigenvalue weighted by Gasteiger charge is -2.32. The van der Waals surface area contributed by atoms with E-state index in [0.717, 1.165) is 24.3 Å². The van der Waals surface area contributed by atoms with Crippen LogP contribution in [0.4, 0.5) is 9.52 Å². The molecule has 1 aromatic carbocycles. The van der Waals surface area contributed by atoms with E-state index in [2.05, 4.69) is 4.98 Å². The molecule has 0 N–H and O–H groups in total. The molecule has 0 spiro atoms. The molecule has 4 rings (SSSR count). The highest BCUT2D eigenvalue weighted by atomic mass is 35.5. The number of rotatable bonds is 8. The molecule has 0 saturated carbocycles. The van der Waals surface area contributed by atoms with E-state index in [1.165, 1.54) is 27.8 Å². The third-order valence-corrected chi connectivity index (χ3v) is 10.4. The van der Waals surface area contributed by atoms with Crippen molar-refractivity contribution in [2.45, 2.75) is 23.5 Å². The Kier molecular flexibility index (Phi) is 7.90. The van der Waals surface area contributed by atoms with Crippen molar-refractivity contribution >= 4 is 65.6 Å². The van der Waals surface area contributed by atoms with Crippen LogP contribution in [0.2, 0.25) is 4.34 Å². The summed E-state index contributed by atoms with van der Waals surface area (Å²) in [5.74, 6) is -0.822. The summed E-state index contributed by atoms with van der Waals surface area (Å²) >= 11 is 8.25. The first-order chi connectivity index (χ1) is 16.2. The van der Waals surface area contributed by atoms with Crippen molar-refractivity contribution in [2.24, 2.45) is 5.92 Å². The number of carbonyl (C=O) groups excluding carboxylic acids is 1. The summed E-state index contributed by atoms with van der Waals surface area (Å²) in [6.45, 7) is 1.77. The number of amides is 1. The predicted molar refractivity (Wildman–Crippen MR) is 136 cm³/mol. The monoisotopic (exact) mass is 544 g/mol. The van der Waals surface area contributed by atoms with Crippen molar-refractivity contribution in [3.05, 3.63) is 40.5 Å². The van der Waals surface area contributed by atoms with E-state index in [-0.39, 0.29) is 34.6 Å². The van der Waals surface area contributed by atoms with E-state index in [9.17, 15) is 17.6 Å². The topological polar surface area (TPSA) is 73.8 Å². The molecule has 2 aromatic heterocycles. The van der Waals surface area contributed by atoms with Gasteiger partial charge in [-0.2, -0.15) is 4.31 Å². The van der Waals surface area contributed by atoms with Gasteiger partial charge in [-0.25, -0.2) is 17.8 Å². The Morgan fingerprint density at radius 2 is 1.91 bits per heavy atom. The number of piperidine rings is 1. The lowest BCUT2D eigenvalue weighted by molar-refractivity contribution is -0.123. The van der Waals surface area contributed by atoms with Gasteiger partial charge in [-0.3, -0.25) is 9.69 Å². The maximum Gasteiger partial charge on any atom is 0.252 e. The van der Waals surface area contributed by atoms with Crippen LogP contribution in [0.25, 0.3) is 10.2 Å². The molecule has 3 aromatic rings. The first-order valence-corrected chi connectivity index (χ1v) is 14.4. The summed E-state index contributed by atoms with van der Waals surface area (Å²) in [6.07, 6.45) is 1.57. The zero-order valence-electron chi connectivity index (χ0n) is 18.9. The summed E-state index contributed by atoms with van der Waals surface area (Å²) < 4.78 is 42.8. The maximum atomic E-state index is 14.2. The molecule has 34 heavy (non-hydrogen) atoms. The molecule has 12 heteroatoms. The highest BCUT2D eigenvalue weighted by Crippen LogP contribution is 2.34. The minimum Gasteiger partial charge on any atom is -0.309 e. The molecular formula is C22H26ClFN4O3S3. The fourth-order valence-electron chi connectivity index (χ4n) is 3.99. The van der Waals surface area contributed by atoms with Gasteiger partial charge in [0.15, 0.2) is 5.13 Å². The zero-order chi connectivity index (χ0) is 24.5.